The Kier molecular flexibility index (Phi) is 5.15. The molecule has 7 nitrogen and oxygen atoms in total. The van der Waals surface area contributed by atoms with Crippen LogP contribution in [0.2, 0.25) is 0 Å². The number of carbonyl (C=O) groups is 1. The summed E-state index contributed by atoms with van der Waals surface area (Å²) in [4.78, 5) is 30.4. The van der Waals surface area contributed by atoms with Crippen molar-refractivity contribution in [3.05, 3.63) is 16.2 Å². The summed E-state index contributed by atoms with van der Waals surface area (Å²) in [6.07, 6.45) is -5.07. The third-order valence-electron chi connectivity index (χ3n) is 4.75. The third-order valence-corrected chi connectivity index (χ3v) is 4.75. The van der Waals surface area contributed by atoms with Gasteiger partial charge in [-0.05, 0) is 20.3 Å². The molecule has 3 rings (SSSR count). The number of hydrogen-bond donors (Lipinski definition) is 0. The zero-order valence-corrected chi connectivity index (χ0v) is 14.9. The minimum absolute atomic E-state index is 0.253. The van der Waals surface area contributed by atoms with Crippen LogP contribution in [0.3, 0.4) is 0 Å². The van der Waals surface area contributed by atoms with Crippen LogP contribution in [0.1, 0.15) is 20.3 Å². The maximum Gasteiger partial charge on any atom is 0.408 e. The number of alkyl halides is 3. The highest BCUT2D eigenvalue weighted by Crippen LogP contribution is 2.34. The second-order valence-corrected chi connectivity index (χ2v) is 6.80. The highest BCUT2D eigenvalue weighted by Gasteiger charge is 2.47. The Hall–Kier alpha value is -2.17. The van der Waals surface area contributed by atoms with Crippen molar-refractivity contribution in [2.45, 2.75) is 45.1 Å². The maximum absolute atomic E-state index is 14.7. The van der Waals surface area contributed by atoms with E-state index in [1.807, 2.05) is 0 Å². The fourth-order valence-electron chi connectivity index (χ4n) is 3.47. The highest BCUT2D eigenvalue weighted by molar-refractivity contribution is 5.80. The molecule has 150 valence electrons. The number of ether oxygens (including phenoxy) is 1. The van der Waals surface area contributed by atoms with Crippen molar-refractivity contribution >= 4 is 17.5 Å². The van der Waals surface area contributed by atoms with Crippen LogP contribution in [0.25, 0.3) is 0 Å². The number of halogens is 4. The fourth-order valence-corrected chi connectivity index (χ4v) is 3.47. The molecule has 2 aliphatic rings. The molecule has 0 saturated carbocycles. The first-order chi connectivity index (χ1) is 12.6. The average Bonchev–Trinajstić information content (AvgIpc) is 2.57. The first kappa shape index (κ1) is 19.6. The van der Waals surface area contributed by atoms with Gasteiger partial charge in [-0.3, -0.25) is 14.2 Å². The summed E-state index contributed by atoms with van der Waals surface area (Å²) in [6.45, 7) is 2.82. The number of morpholine rings is 1. The van der Waals surface area contributed by atoms with Crippen molar-refractivity contribution in [1.29, 1.82) is 0 Å². The molecular weight excluding hydrogens is 372 g/mol. The predicted octanol–water partition coefficient (Wildman–Crippen LogP) is 1.34. The van der Waals surface area contributed by atoms with E-state index >= 15 is 0 Å². The first-order valence-corrected chi connectivity index (χ1v) is 8.58. The maximum atomic E-state index is 14.7. The normalized spacial score (nSPS) is 23.3. The van der Waals surface area contributed by atoms with E-state index in [1.165, 1.54) is 4.90 Å². The van der Waals surface area contributed by atoms with E-state index in [2.05, 4.69) is 4.98 Å². The van der Waals surface area contributed by atoms with Crippen molar-refractivity contribution in [3.8, 4) is 0 Å². The van der Waals surface area contributed by atoms with E-state index in [9.17, 15) is 27.2 Å². The molecule has 11 heteroatoms. The van der Waals surface area contributed by atoms with Gasteiger partial charge in [0.05, 0.1) is 25.8 Å². The van der Waals surface area contributed by atoms with Crippen LogP contribution in [0.15, 0.2) is 4.79 Å². The molecule has 0 amide bonds. The molecule has 1 fully saturated rings. The van der Waals surface area contributed by atoms with Gasteiger partial charge in [0.25, 0.3) is 5.56 Å². The second kappa shape index (κ2) is 7.10. The summed E-state index contributed by atoms with van der Waals surface area (Å²) < 4.78 is 61.2. The molecule has 1 aromatic rings. The van der Waals surface area contributed by atoms with E-state index < -0.39 is 42.3 Å². The molecule has 1 saturated heterocycles. The molecule has 27 heavy (non-hydrogen) atoms. The lowest BCUT2D eigenvalue weighted by Crippen LogP contribution is -2.54. The first-order valence-electron chi connectivity index (χ1n) is 8.58. The minimum Gasteiger partial charge on any atom is -0.377 e. The summed E-state index contributed by atoms with van der Waals surface area (Å²) in [6, 6.07) is -2.26. The van der Waals surface area contributed by atoms with Crippen molar-refractivity contribution in [3.63, 3.8) is 0 Å². The molecular formula is C16H20F4N4O3. The van der Waals surface area contributed by atoms with Gasteiger partial charge in [-0.1, -0.05) is 0 Å². The molecule has 0 bridgehead atoms. The summed E-state index contributed by atoms with van der Waals surface area (Å²) in [5, 5.41) is 0. The molecule has 2 aliphatic heterocycles. The van der Waals surface area contributed by atoms with E-state index in [0.29, 0.717) is 0 Å². The van der Waals surface area contributed by atoms with Crippen LogP contribution < -0.4 is 15.4 Å². The van der Waals surface area contributed by atoms with Gasteiger partial charge in [0, 0.05) is 13.1 Å². The van der Waals surface area contributed by atoms with Gasteiger partial charge < -0.3 is 14.5 Å². The standard InChI is InChI=1S/C16H20F4N4O3/c1-9-8-27-6-5-22(9)13-12(17)14(26)23-4-3-11(16(18,19)20)24(7-10(2)25)15(23)21-13/h9,11H,3-8H2,1-2H3. The second-order valence-electron chi connectivity index (χ2n) is 6.80. The number of rotatable bonds is 3. The molecule has 2 atom stereocenters. The van der Waals surface area contributed by atoms with Crippen LogP contribution in [0.4, 0.5) is 29.3 Å². The fraction of sp³-hybridized carbons (Fsp3) is 0.688. The predicted molar refractivity (Wildman–Crippen MR) is 88.6 cm³/mol. The molecule has 0 radical (unpaired) electrons. The summed E-state index contributed by atoms with van der Waals surface area (Å²) in [5.74, 6) is -2.27. The van der Waals surface area contributed by atoms with Crippen LogP contribution >= 0.6 is 0 Å². The Morgan fingerprint density at radius 3 is 2.63 bits per heavy atom. The van der Waals surface area contributed by atoms with Crippen molar-refractivity contribution in [2.24, 2.45) is 0 Å². The van der Waals surface area contributed by atoms with Crippen molar-refractivity contribution < 1.29 is 27.1 Å². The number of nitrogens with zero attached hydrogens (tertiary/aromatic N) is 4. The molecule has 0 aliphatic carbocycles. The molecule has 1 aromatic heterocycles. The van der Waals surface area contributed by atoms with E-state index in [4.69, 9.17) is 4.74 Å². The van der Waals surface area contributed by atoms with Crippen molar-refractivity contribution in [2.75, 3.05) is 36.1 Å². The smallest absolute Gasteiger partial charge is 0.377 e. The average molecular weight is 392 g/mol. The molecule has 0 spiro atoms. The lowest BCUT2D eigenvalue weighted by atomic mass is 10.1. The van der Waals surface area contributed by atoms with Crippen LogP contribution in [-0.2, 0) is 16.1 Å². The van der Waals surface area contributed by atoms with Crippen LogP contribution in [-0.4, -0.2) is 59.9 Å². The van der Waals surface area contributed by atoms with Crippen molar-refractivity contribution in [1.82, 2.24) is 9.55 Å². The van der Waals surface area contributed by atoms with E-state index in [-0.39, 0.29) is 44.1 Å². The van der Waals surface area contributed by atoms with Gasteiger partial charge in [0.15, 0.2) is 5.82 Å². The van der Waals surface area contributed by atoms with Gasteiger partial charge in [0.1, 0.15) is 11.8 Å². The zero-order valence-electron chi connectivity index (χ0n) is 14.9. The quantitative estimate of drug-likeness (QED) is 0.724. The third kappa shape index (κ3) is 3.64. The number of anilines is 2. The summed E-state index contributed by atoms with van der Waals surface area (Å²) in [7, 11) is 0. The highest BCUT2D eigenvalue weighted by atomic mass is 19.4. The Balaban J connectivity index is 2.13. The van der Waals surface area contributed by atoms with Crippen LogP contribution in [0.5, 0.6) is 0 Å². The summed E-state index contributed by atoms with van der Waals surface area (Å²) >= 11 is 0. The number of hydrogen-bond acceptors (Lipinski definition) is 6. The number of carbonyl (C=O) groups excluding carboxylic acids is 1. The van der Waals surface area contributed by atoms with E-state index in [0.717, 1.165) is 16.4 Å². The summed E-state index contributed by atoms with van der Waals surface area (Å²) in [5.41, 5.74) is -1.04. The Morgan fingerprint density at radius 1 is 1.33 bits per heavy atom. The lowest BCUT2D eigenvalue weighted by molar-refractivity contribution is -0.153. The van der Waals surface area contributed by atoms with Gasteiger partial charge in [-0.25, -0.2) is 0 Å². The Labute approximate surface area is 152 Å². The molecule has 3 heterocycles. The van der Waals surface area contributed by atoms with Gasteiger partial charge in [0.2, 0.25) is 11.8 Å². The number of Topliss-reactive ketones (excluding diaryl/α,β-unsaturated/α-hetero) is 1. The number of fused-ring (bicyclic) bond motifs is 1. The molecule has 0 aromatic carbocycles. The molecule has 2 unspecified atom stereocenters. The Bertz CT molecular complexity index is 795. The minimum atomic E-state index is -4.61. The van der Waals surface area contributed by atoms with Gasteiger partial charge in [-0.15, -0.1) is 0 Å². The lowest BCUT2D eigenvalue weighted by Gasteiger charge is -2.40. The van der Waals surface area contributed by atoms with Gasteiger partial charge in [-0.2, -0.15) is 22.5 Å². The number of aromatic nitrogens is 2. The van der Waals surface area contributed by atoms with E-state index in [1.54, 1.807) is 6.92 Å². The molecule has 0 N–H and O–H groups in total. The topological polar surface area (TPSA) is 67.7 Å². The zero-order chi connectivity index (χ0) is 19.9. The monoisotopic (exact) mass is 392 g/mol. The van der Waals surface area contributed by atoms with Gasteiger partial charge >= 0.3 is 6.18 Å². The SMILES string of the molecule is CC(=O)CN1c2nc(N3CCOCC3C)c(F)c(=O)n2CCC1C(F)(F)F. The van der Waals surface area contributed by atoms with Crippen LogP contribution in [0, 0.1) is 5.82 Å². The largest absolute Gasteiger partial charge is 0.408 e. The Morgan fingerprint density at radius 2 is 2.04 bits per heavy atom. The number of ketones is 1.